The summed E-state index contributed by atoms with van der Waals surface area (Å²) in [7, 11) is 1.50. The number of hydrogen-bond acceptors (Lipinski definition) is 5. The minimum absolute atomic E-state index is 0.225. The van der Waals surface area contributed by atoms with Gasteiger partial charge in [0.25, 0.3) is 5.56 Å². The van der Waals surface area contributed by atoms with Crippen molar-refractivity contribution in [1.82, 2.24) is 14.1 Å². The molecule has 8 nitrogen and oxygen atoms in total. The van der Waals surface area contributed by atoms with Crippen molar-refractivity contribution in [2.24, 2.45) is 0 Å². The van der Waals surface area contributed by atoms with Crippen LogP contribution in [0.2, 0.25) is 0 Å². The van der Waals surface area contributed by atoms with Crippen molar-refractivity contribution >= 4 is 22.6 Å². The summed E-state index contributed by atoms with van der Waals surface area (Å²) in [5, 5.41) is 3.09. The molecule has 0 aliphatic carbocycles. The van der Waals surface area contributed by atoms with Crippen LogP contribution < -0.4 is 21.3 Å². The molecule has 4 rings (SSSR count). The quantitative estimate of drug-likeness (QED) is 0.494. The molecule has 0 atom stereocenters. The van der Waals surface area contributed by atoms with Crippen molar-refractivity contribution in [3.63, 3.8) is 0 Å². The van der Waals surface area contributed by atoms with Gasteiger partial charge in [-0.15, -0.1) is 0 Å². The van der Waals surface area contributed by atoms with E-state index in [-0.39, 0.29) is 11.0 Å². The van der Waals surface area contributed by atoms with E-state index in [9.17, 15) is 14.4 Å². The molecule has 0 radical (unpaired) electrons. The number of rotatable bonds is 5. The largest absolute Gasteiger partial charge is 0.495 e. The summed E-state index contributed by atoms with van der Waals surface area (Å²) in [5.74, 6) is -0.0338. The van der Waals surface area contributed by atoms with Crippen LogP contribution in [0.15, 0.2) is 58.1 Å². The smallest absolute Gasteiger partial charge is 0.337 e. The molecule has 34 heavy (non-hydrogen) atoms. The lowest BCUT2D eigenvalue weighted by Gasteiger charge is -2.17. The van der Waals surface area contributed by atoms with Gasteiger partial charge in [-0.2, -0.15) is 0 Å². The molecule has 0 spiro atoms. The van der Waals surface area contributed by atoms with Crippen LogP contribution in [-0.4, -0.2) is 27.1 Å². The number of ether oxygens (including phenoxy) is 1. The van der Waals surface area contributed by atoms with E-state index in [0.717, 1.165) is 15.7 Å². The normalized spacial score (nSPS) is 11.0. The molecule has 0 saturated carbocycles. The summed E-state index contributed by atoms with van der Waals surface area (Å²) in [4.78, 5) is 44.5. The summed E-state index contributed by atoms with van der Waals surface area (Å²) in [5.41, 5.74) is 3.26. The average molecular weight is 459 g/mol. The fourth-order valence-corrected chi connectivity index (χ4v) is 4.05. The number of nitrogens with one attached hydrogen (secondary N) is 1. The van der Waals surface area contributed by atoms with E-state index < -0.39 is 23.7 Å². The average Bonchev–Trinajstić information content (AvgIpc) is 2.79. The third kappa shape index (κ3) is 4.10. The number of anilines is 1. The van der Waals surface area contributed by atoms with E-state index in [1.165, 1.54) is 11.7 Å². The van der Waals surface area contributed by atoms with Crippen LogP contribution in [0.5, 0.6) is 5.75 Å². The van der Waals surface area contributed by atoms with Crippen molar-refractivity contribution in [2.75, 3.05) is 12.4 Å². The Kier molecular flexibility index (Phi) is 6.06. The number of para-hydroxylation sites is 2. The van der Waals surface area contributed by atoms with Gasteiger partial charge >= 0.3 is 5.69 Å². The number of aromatic nitrogens is 3. The number of carbonyl (C=O) groups excluding carboxylic acids is 1. The molecule has 2 heterocycles. The molecule has 1 amide bonds. The van der Waals surface area contributed by atoms with Gasteiger partial charge in [0.15, 0.2) is 5.65 Å². The van der Waals surface area contributed by atoms with Gasteiger partial charge in [0.05, 0.1) is 18.2 Å². The highest BCUT2D eigenvalue weighted by Gasteiger charge is 2.21. The number of methoxy groups -OCH3 is 1. The Morgan fingerprint density at radius 1 is 1.00 bits per heavy atom. The molecule has 2 aromatic heterocycles. The van der Waals surface area contributed by atoms with Gasteiger partial charge in [-0.05, 0) is 68.7 Å². The maximum absolute atomic E-state index is 13.7. The Labute approximate surface area is 196 Å². The number of benzene rings is 2. The monoisotopic (exact) mass is 458 g/mol. The molecule has 8 heteroatoms. The van der Waals surface area contributed by atoms with Crippen LogP contribution in [0.25, 0.3) is 16.7 Å². The summed E-state index contributed by atoms with van der Waals surface area (Å²) in [6.45, 7) is 6.95. The van der Waals surface area contributed by atoms with Crippen LogP contribution in [0.1, 0.15) is 22.4 Å². The Bertz CT molecular complexity index is 1550. The lowest BCUT2D eigenvalue weighted by atomic mass is 10.1. The molecule has 174 valence electrons. The highest BCUT2D eigenvalue weighted by Crippen LogP contribution is 2.24. The third-order valence-electron chi connectivity index (χ3n) is 5.71. The van der Waals surface area contributed by atoms with Crippen molar-refractivity contribution in [3.05, 3.63) is 91.8 Å². The summed E-state index contributed by atoms with van der Waals surface area (Å²) in [6.07, 6.45) is 0. The maximum Gasteiger partial charge on any atom is 0.337 e. The number of fused-ring (bicyclic) bond motifs is 1. The predicted octanol–water partition coefficient (Wildman–Crippen LogP) is 3.43. The van der Waals surface area contributed by atoms with Crippen LogP contribution in [0, 0.1) is 27.7 Å². The number of pyridine rings is 1. The number of nitrogens with zero attached hydrogens (tertiary/aromatic N) is 3. The number of hydrogen-bond donors (Lipinski definition) is 1. The maximum atomic E-state index is 13.7. The molecular formula is C26H26N4O4. The first kappa shape index (κ1) is 23.0. The topological polar surface area (TPSA) is 95.2 Å². The van der Waals surface area contributed by atoms with Crippen LogP contribution in [0.4, 0.5) is 5.69 Å². The van der Waals surface area contributed by atoms with Crippen LogP contribution in [-0.2, 0) is 11.3 Å². The number of amides is 1. The molecule has 0 aliphatic rings. The lowest BCUT2D eigenvalue weighted by molar-refractivity contribution is -0.116. The van der Waals surface area contributed by atoms with E-state index in [1.807, 2.05) is 32.0 Å². The van der Waals surface area contributed by atoms with E-state index in [0.29, 0.717) is 28.4 Å². The molecule has 0 unspecified atom stereocenters. The van der Waals surface area contributed by atoms with Gasteiger partial charge in [-0.25, -0.2) is 18.9 Å². The molecule has 1 N–H and O–H groups in total. The van der Waals surface area contributed by atoms with E-state index in [2.05, 4.69) is 10.3 Å². The second kappa shape index (κ2) is 8.97. The minimum Gasteiger partial charge on any atom is -0.495 e. The van der Waals surface area contributed by atoms with Gasteiger partial charge in [-0.3, -0.25) is 9.59 Å². The van der Waals surface area contributed by atoms with Gasteiger partial charge in [0.1, 0.15) is 12.3 Å². The zero-order chi connectivity index (χ0) is 24.6. The van der Waals surface area contributed by atoms with Gasteiger partial charge in [-0.1, -0.05) is 24.3 Å². The summed E-state index contributed by atoms with van der Waals surface area (Å²) in [6, 6.07) is 14.5. The van der Waals surface area contributed by atoms with Crippen molar-refractivity contribution in [1.29, 1.82) is 0 Å². The van der Waals surface area contributed by atoms with E-state index in [4.69, 9.17) is 4.74 Å². The Morgan fingerprint density at radius 2 is 1.74 bits per heavy atom. The van der Waals surface area contributed by atoms with Crippen molar-refractivity contribution < 1.29 is 9.53 Å². The Balaban J connectivity index is 1.93. The zero-order valence-corrected chi connectivity index (χ0v) is 19.8. The highest BCUT2D eigenvalue weighted by molar-refractivity contribution is 5.91. The predicted molar refractivity (Wildman–Crippen MR) is 132 cm³/mol. The fraction of sp³-hybridized carbons (Fsp3) is 0.231. The lowest BCUT2D eigenvalue weighted by Crippen LogP contribution is -2.42. The zero-order valence-electron chi connectivity index (χ0n) is 19.8. The summed E-state index contributed by atoms with van der Waals surface area (Å²) >= 11 is 0. The molecule has 0 aliphatic heterocycles. The first-order valence-electron chi connectivity index (χ1n) is 10.9. The van der Waals surface area contributed by atoms with Crippen molar-refractivity contribution in [2.45, 2.75) is 34.2 Å². The fourth-order valence-electron chi connectivity index (χ4n) is 4.05. The number of aryl methyl sites for hydroxylation is 4. The minimum atomic E-state index is -0.671. The molecule has 0 bridgehead atoms. The number of carbonyl (C=O) groups is 1. The summed E-state index contributed by atoms with van der Waals surface area (Å²) < 4.78 is 7.74. The molecule has 0 fully saturated rings. The van der Waals surface area contributed by atoms with Crippen LogP contribution >= 0.6 is 0 Å². The second-order valence-electron chi connectivity index (χ2n) is 8.33. The third-order valence-corrected chi connectivity index (χ3v) is 5.71. The first-order chi connectivity index (χ1) is 16.2. The molecule has 2 aromatic carbocycles. The molecule has 0 saturated heterocycles. The van der Waals surface area contributed by atoms with Gasteiger partial charge in [0.2, 0.25) is 5.91 Å². The molecule has 4 aromatic rings. The Morgan fingerprint density at radius 3 is 2.47 bits per heavy atom. The van der Waals surface area contributed by atoms with Crippen molar-refractivity contribution in [3.8, 4) is 11.4 Å². The standard InChI is InChI=1S/C26H26N4O4/c1-15-10-11-16(2)19(12-15)28-22(31)14-29-25(32)23-17(3)13-18(4)27-24(23)30(26(29)33)20-8-6-7-9-21(20)34-5/h6-13H,14H2,1-5H3,(H,28,31). The second-order valence-corrected chi connectivity index (χ2v) is 8.33. The van der Waals surface area contributed by atoms with E-state index in [1.54, 1.807) is 44.2 Å². The first-order valence-corrected chi connectivity index (χ1v) is 10.9. The van der Waals surface area contributed by atoms with Crippen LogP contribution in [0.3, 0.4) is 0 Å². The van der Waals surface area contributed by atoms with E-state index >= 15 is 0 Å². The molecular weight excluding hydrogens is 432 g/mol. The van der Waals surface area contributed by atoms with Gasteiger partial charge in [0, 0.05) is 11.4 Å². The Hall–Kier alpha value is -4.20. The highest BCUT2D eigenvalue weighted by atomic mass is 16.5. The van der Waals surface area contributed by atoms with Gasteiger partial charge < -0.3 is 10.1 Å². The SMILES string of the molecule is COc1ccccc1-n1c(=O)n(CC(=O)Nc2cc(C)ccc2C)c(=O)c2c(C)cc(C)nc21.